The summed E-state index contributed by atoms with van der Waals surface area (Å²) in [7, 11) is 0. The van der Waals surface area contributed by atoms with Crippen molar-refractivity contribution in [3.8, 4) is 0 Å². The van der Waals surface area contributed by atoms with Gasteiger partial charge in [-0.2, -0.15) is 0 Å². The Balaban J connectivity index is 2.04. The zero-order valence-electron chi connectivity index (χ0n) is 15.3. The maximum absolute atomic E-state index is 12.0. The highest BCUT2D eigenvalue weighted by molar-refractivity contribution is 5.89. The molecule has 0 aliphatic carbocycles. The first-order valence-corrected chi connectivity index (χ1v) is 9.41. The number of carbonyl (C=O) groups is 1. The van der Waals surface area contributed by atoms with Gasteiger partial charge >= 0.3 is 5.97 Å². The third-order valence-electron chi connectivity index (χ3n) is 4.31. The average Bonchev–Trinajstić information content (AvgIpc) is 2.54. The van der Waals surface area contributed by atoms with Gasteiger partial charge in [-0.15, -0.1) is 0 Å². The van der Waals surface area contributed by atoms with Crippen molar-refractivity contribution in [2.24, 2.45) is 0 Å². The van der Waals surface area contributed by atoms with Gasteiger partial charge in [0.2, 0.25) is 0 Å². The van der Waals surface area contributed by atoms with Crippen LogP contribution in [0.1, 0.15) is 94.0 Å². The SMILES string of the molecule is CCCCCCCCCCCC(C)OC(=O)c1ccc(C)cc1. The minimum Gasteiger partial charge on any atom is -0.459 e. The fraction of sp³-hybridized carbons (Fsp3) is 0.667. The Hall–Kier alpha value is -1.31. The molecule has 1 unspecified atom stereocenters. The standard InChI is InChI=1S/C21H34O2/c1-4-5-6-7-8-9-10-11-12-13-19(3)23-21(22)20-16-14-18(2)15-17-20/h14-17,19H,4-13H2,1-3H3. The Morgan fingerprint density at radius 2 is 1.43 bits per heavy atom. The molecular formula is C21H34O2. The number of aryl methyl sites for hydroxylation is 1. The van der Waals surface area contributed by atoms with Gasteiger partial charge in [0, 0.05) is 0 Å². The van der Waals surface area contributed by atoms with Gasteiger partial charge in [-0.3, -0.25) is 0 Å². The highest BCUT2D eigenvalue weighted by atomic mass is 16.5. The molecule has 0 aliphatic heterocycles. The number of esters is 1. The molecule has 0 saturated carbocycles. The highest BCUT2D eigenvalue weighted by Gasteiger charge is 2.11. The van der Waals surface area contributed by atoms with Crippen LogP contribution < -0.4 is 0 Å². The molecule has 0 bridgehead atoms. The molecule has 0 saturated heterocycles. The van der Waals surface area contributed by atoms with Crippen molar-refractivity contribution in [1.29, 1.82) is 0 Å². The molecule has 130 valence electrons. The molecule has 0 radical (unpaired) electrons. The van der Waals surface area contributed by atoms with Crippen molar-refractivity contribution in [2.45, 2.75) is 91.1 Å². The second-order valence-corrected chi connectivity index (χ2v) is 6.70. The van der Waals surface area contributed by atoms with Gasteiger partial charge in [-0.1, -0.05) is 76.0 Å². The lowest BCUT2D eigenvalue weighted by Gasteiger charge is -2.13. The van der Waals surface area contributed by atoms with Crippen LogP contribution in [0.3, 0.4) is 0 Å². The fourth-order valence-electron chi connectivity index (χ4n) is 2.74. The van der Waals surface area contributed by atoms with Crippen molar-refractivity contribution < 1.29 is 9.53 Å². The van der Waals surface area contributed by atoms with E-state index in [0.29, 0.717) is 5.56 Å². The molecule has 1 rings (SSSR count). The number of benzene rings is 1. The second-order valence-electron chi connectivity index (χ2n) is 6.70. The highest BCUT2D eigenvalue weighted by Crippen LogP contribution is 2.13. The van der Waals surface area contributed by atoms with Gasteiger partial charge in [-0.05, 0) is 38.8 Å². The summed E-state index contributed by atoms with van der Waals surface area (Å²) in [4.78, 5) is 12.0. The molecule has 1 aromatic rings. The molecule has 0 aromatic heterocycles. The van der Waals surface area contributed by atoms with E-state index in [1.165, 1.54) is 51.4 Å². The Bertz CT molecular complexity index is 422. The molecule has 0 aliphatic rings. The zero-order chi connectivity index (χ0) is 16.9. The molecule has 0 heterocycles. The predicted octanol–water partition coefficient (Wildman–Crippen LogP) is 6.46. The minimum atomic E-state index is -0.201. The number of rotatable bonds is 12. The van der Waals surface area contributed by atoms with Crippen LogP contribution in [0.2, 0.25) is 0 Å². The quantitative estimate of drug-likeness (QED) is 0.326. The Labute approximate surface area is 142 Å². The van der Waals surface area contributed by atoms with Crippen LogP contribution in [0.15, 0.2) is 24.3 Å². The number of hydrogen-bond donors (Lipinski definition) is 0. The Morgan fingerprint density at radius 1 is 0.913 bits per heavy atom. The average molecular weight is 319 g/mol. The van der Waals surface area contributed by atoms with Gasteiger partial charge in [0.15, 0.2) is 0 Å². The lowest BCUT2D eigenvalue weighted by atomic mass is 10.1. The molecule has 1 aromatic carbocycles. The fourth-order valence-corrected chi connectivity index (χ4v) is 2.74. The number of carbonyl (C=O) groups excluding carboxylic acids is 1. The first kappa shape index (κ1) is 19.7. The Kier molecular flexibility index (Phi) is 10.4. The first-order chi connectivity index (χ1) is 11.1. The molecule has 0 spiro atoms. The summed E-state index contributed by atoms with van der Waals surface area (Å²) in [6.07, 6.45) is 12.9. The van der Waals surface area contributed by atoms with Crippen molar-refractivity contribution in [3.63, 3.8) is 0 Å². The van der Waals surface area contributed by atoms with Crippen molar-refractivity contribution >= 4 is 5.97 Å². The van der Waals surface area contributed by atoms with Gasteiger partial charge in [0.1, 0.15) is 0 Å². The maximum Gasteiger partial charge on any atom is 0.338 e. The normalized spacial score (nSPS) is 12.1. The van der Waals surface area contributed by atoms with E-state index in [1.54, 1.807) is 0 Å². The van der Waals surface area contributed by atoms with Gasteiger partial charge in [-0.25, -0.2) is 4.79 Å². The number of hydrogen-bond acceptors (Lipinski definition) is 2. The number of ether oxygens (including phenoxy) is 1. The molecule has 23 heavy (non-hydrogen) atoms. The van der Waals surface area contributed by atoms with E-state index in [9.17, 15) is 4.79 Å². The summed E-state index contributed by atoms with van der Waals surface area (Å²) in [6, 6.07) is 7.56. The summed E-state index contributed by atoms with van der Waals surface area (Å²) in [5, 5.41) is 0. The van der Waals surface area contributed by atoms with Crippen LogP contribution in [0.4, 0.5) is 0 Å². The molecule has 2 heteroatoms. The largest absolute Gasteiger partial charge is 0.459 e. The predicted molar refractivity (Wildman–Crippen MR) is 97.9 cm³/mol. The van der Waals surface area contributed by atoms with Gasteiger partial charge in [0.05, 0.1) is 11.7 Å². The van der Waals surface area contributed by atoms with E-state index in [-0.39, 0.29) is 12.1 Å². The van der Waals surface area contributed by atoms with Crippen molar-refractivity contribution in [2.75, 3.05) is 0 Å². The van der Waals surface area contributed by atoms with Crippen LogP contribution in [0.25, 0.3) is 0 Å². The van der Waals surface area contributed by atoms with Crippen LogP contribution in [0.5, 0.6) is 0 Å². The Morgan fingerprint density at radius 3 is 2.00 bits per heavy atom. The monoisotopic (exact) mass is 318 g/mol. The summed E-state index contributed by atoms with van der Waals surface area (Å²) >= 11 is 0. The minimum absolute atomic E-state index is 0.00774. The third-order valence-corrected chi connectivity index (χ3v) is 4.31. The molecule has 0 fully saturated rings. The molecule has 2 nitrogen and oxygen atoms in total. The molecule has 0 N–H and O–H groups in total. The topological polar surface area (TPSA) is 26.3 Å². The summed E-state index contributed by atoms with van der Waals surface area (Å²) in [6.45, 7) is 6.27. The maximum atomic E-state index is 12.0. The van der Waals surface area contributed by atoms with Crippen molar-refractivity contribution in [1.82, 2.24) is 0 Å². The van der Waals surface area contributed by atoms with Gasteiger partial charge < -0.3 is 4.74 Å². The van der Waals surface area contributed by atoms with Crippen LogP contribution in [-0.2, 0) is 4.74 Å². The third kappa shape index (κ3) is 9.43. The van der Waals surface area contributed by atoms with E-state index >= 15 is 0 Å². The smallest absolute Gasteiger partial charge is 0.338 e. The first-order valence-electron chi connectivity index (χ1n) is 9.41. The van der Waals surface area contributed by atoms with Gasteiger partial charge in [0.25, 0.3) is 0 Å². The van der Waals surface area contributed by atoms with E-state index in [4.69, 9.17) is 4.74 Å². The van der Waals surface area contributed by atoms with Crippen LogP contribution >= 0.6 is 0 Å². The van der Waals surface area contributed by atoms with E-state index in [2.05, 4.69) is 6.92 Å². The molecule has 1 atom stereocenters. The number of unbranched alkanes of at least 4 members (excludes halogenated alkanes) is 8. The lowest BCUT2D eigenvalue weighted by molar-refractivity contribution is 0.0319. The van der Waals surface area contributed by atoms with Crippen LogP contribution in [0, 0.1) is 6.92 Å². The van der Waals surface area contributed by atoms with E-state index in [0.717, 1.165) is 18.4 Å². The second kappa shape index (κ2) is 12.2. The van der Waals surface area contributed by atoms with E-state index in [1.807, 2.05) is 38.1 Å². The zero-order valence-corrected chi connectivity index (χ0v) is 15.3. The summed E-state index contributed by atoms with van der Waals surface area (Å²) in [5.74, 6) is -0.201. The molecular weight excluding hydrogens is 284 g/mol. The molecule has 0 amide bonds. The lowest BCUT2D eigenvalue weighted by Crippen LogP contribution is -2.15. The van der Waals surface area contributed by atoms with Crippen LogP contribution in [-0.4, -0.2) is 12.1 Å². The summed E-state index contributed by atoms with van der Waals surface area (Å²) < 4.78 is 5.51. The van der Waals surface area contributed by atoms with E-state index < -0.39 is 0 Å². The van der Waals surface area contributed by atoms with Crippen molar-refractivity contribution in [3.05, 3.63) is 35.4 Å². The summed E-state index contributed by atoms with van der Waals surface area (Å²) in [5.41, 5.74) is 1.80.